The molecule has 0 aliphatic carbocycles. The normalized spacial score (nSPS) is 10.1. The fraction of sp³-hybridized carbons (Fsp3) is 0.500. The Bertz CT molecular complexity index is 363. The van der Waals surface area contributed by atoms with Gasteiger partial charge in [0.1, 0.15) is 0 Å². The Balaban J connectivity index is 2.25. The van der Waals surface area contributed by atoms with Crippen LogP contribution in [0.15, 0.2) is 24.3 Å². The van der Waals surface area contributed by atoms with Gasteiger partial charge in [0.25, 0.3) is 0 Å². The van der Waals surface area contributed by atoms with Crippen LogP contribution in [0.2, 0.25) is 0 Å². The highest BCUT2D eigenvalue weighted by Crippen LogP contribution is 2.14. The maximum Gasteiger partial charge on any atom is 0.302 e. The molecule has 0 aliphatic rings. The molecule has 0 unspecified atom stereocenters. The molecule has 0 fully saturated rings. The molecule has 3 heteroatoms. The Morgan fingerprint density at radius 2 is 2.12 bits per heavy atom. The van der Waals surface area contributed by atoms with Crippen LogP contribution in [0.5, 0.6) is 0 Å². The van der Waals surface area contributed by atoms with Gasteiger partial charge in [0.2, 0.25) is 0 Å². The summed E-state index contributed by atoms with van der Waals surface area (Å²) in [4.78, 5) is 12.8. The molecule has 3 nitrogen and oxygen atoms in total. The van der Waals surface area contributed by atoms with Crippen LogP contribution in [0.4, 0.5) is 5.69 Å². The summed E-state index contributed by atoms with van der Waals surface area (Å²) in [7, 11) is 2.08. The van der Waals surface area contributed by atoms with E-state index in [1.54, 1.807) is 0 Å². The third-order valence-corrected chi connectivity index (χ3v) is 2.64. The van der Waals surface area contributed by atoms with E-state index in [2.05, 4.69) is 43.1 Å². The maximum atomic E-state index is 10.6. The predicted molar refractivity (Wildman–Crippen MR) is 70.3 cm³/mol. The summed E-state index contributed by atoms with van der Waals surface area (Å²) in [6.45, 7) is 5.04. The number of nitrogens with zero attached hydrogens (tertiary/aromatic N) is 1. The van der Waals surface area contributed by atoms with Crippen LogP contribution < -0.4 is 4.90 Å². The molecule has 0 saturated heterocycles. The number of hydrogen-bond acceptors (Lipinski definition) is 3. The molecular formula is C14H21NO2. The van der Waals surface area contributed by atoms with E-state index in [-0.39, 0.29) is 5.97 Å². The molecule has 17 heavy (non-hydrogen) atoms. The summed E-state index contributed by atoms with van der Waals surface area (Å²) in [5.74, 6) is -0.197. The topological polar surface area (TPSA) is 29.5 Å². The van der Waals surface area contributed by atoms with Gasteiger partial charge in [-0.05, 0) is 37.5 Å². The zero-order chi connectivity index (χ0) is 12.7. The van der Waals surface area contributed by atoms with Crippen molar-refractivity contribution in [3.63, 3.8) is 0 Å². The number of rotatable bonds is 6. The van der Waals surface area contributed by atoms with Crippen LogP contribution in [0.1, 0.15) is 25.3 Å². The van der Waals surface area contributed by atoms with Gasteiger partial charge >= 0.3 is 5.97 Å². The van der Waals surface area contributed by atoms with Crippen molar-refractivity contribution in [3.8, 4) is 0 Å². The Kier molecular flexibility index (Phi) is 5.53. The summed E-state index contributed by atoms with van der Waals surface area (Å²) in [6, 6.07) is 8.45. The molecule has 0 aliphatic heterocycles. The highest BCUT2D eigenvalue weighted by molar-refractivity contribution is 5.65. The van der Waals surface area contributed by atoms with Gasteiger partial charge in [-0.1, -0.05) is 12.1 Å². The third kappa shape index (κ3) is 5.38. The fourth-order valence-electron chi connectivity index (χ4n) is 1.66. The molecule has 94 valence electrons. The highest BCUT2D eigenvalue weighted by Gasteiger charge is 2.00. The van der Waals surface area contributed by atoms with Crippen molar-refractivity contribution < 1.29 is 9.53 Å². The van der Waals surface area contributed by atoms with Crippen molar-refractivity contribution in [2.24, 2.45) is 0 Å². The average molecular weight is 235 g/mol. The first-order valence-electron chi connectivity index (χ1n) is 6.01. The van der Waals surface area contributed by atoms with Crippen molar-refractivity contribution >= 4 is 11.7 Å². The second kappa shape index (κ2) is 6.94. The first kappa shape index (κ1) is 13.6. The van der Waals surface area contributed by atoms with Crippen molar-refractivity contribution in [1.29, 1.82) is 0 Å². The molecule has 0 spiro atoms. The molecule has 1 aromatic carbocycles. The molecule has 0 saturated carbocycles. The highest BCUT2D eigenvalue weighted by atomic mass is 16.5. The Morgan fingerprint density at radius 3 is 2.76 bits per heavy atom. The largest absolute Gasteiger partial charge is 0.466 e. The van der Waals surface area contributed by atoms with Crippen LogP contribution in [0.25, 0.3) is 0 Å². The number of carbonyl (C=O) groups is 1. The lowest BCUT2D eigenvalue weighted by Crippen LogP contribution is -2.19. The molecule has 0 N–H and O–H groups in total. The molecule has 0 aromatic heterocycles. The summed E-state index contributed by atoms with van der Waals surface area (Å²) < 4.78 is 4.89. The number of aryl methyl sites for hydroxylation is 1. The van der Waals surface area contributed by atoms with Crippen LogP contribution in [0, 0.1) is 6.92 Å². The molecule has 0 heterocycles. The van der Waals surface area contributed by atoms with E-state index in [1.807, 2.05) is 0 Å². The zero-order valence-electron chi connectivity index (χ0n) is 10.9. The second-order valence-corrected chi connectivity index (χ2v) is 4.31. The number of esters is 1. The van der Waals surface area contributed by atoms with Gasteiger partial charge in [0, 0.05) is 26.2 Å². The lowest BCUT2D eigenvalue weighted by atomic mass is 10.2. The van der Waals surface area contributed by atoms with E-state index in [0.717, 1.165) is 19.4 Å². The van der Waals surface area contributed by atoms with Crippen LogP contribution in [-0.4, -0.2) is 26.2 Å². The number of hydrogen-bond donors (Lipinski definition) is 0. The van der Waals surface area contributed by atoms with Crippen molar-refractivity contribution in [2.45, 2.75) is 26.7 Å². The van der Waals surface area contributed by atoms with Crippen LogP contribution in [0.3, 0.4) is 0 Å². The minimum absolute atomic E-state index is 0.197. The van der Waals surface area contributed by atoms with E-state index < -0.39 is 0 Å². The summed E-state index contributed by atoms with van der Waals surface area (Å²) in [6.07, 6.45) is 1.94. The minimum Gasteiger partial charge on any atom is -0.466 e. The van der Waals surface area contributed by atoms with Crippen molar-refractivity contribution in [1.82, 2.24) is 0 Å². The third-order valence-electron chi connectivity index (χ3n) is 2.64. The molecule has 0 atom stereocenters. The van der Waals surface area contributed by atoms with Crippen molar-refractivity contribution in [2.75, 3.05) is 25.1 Å². The van der Waals surface area contributed by atoms with E-state index in [0.29, 0.717) is 6.61 Å². The van der Waals surface area contributed by atoms with Crippen molar-refractivity contribution in [3.05, 3.63) is 29.8 Å². The summed E-state index contributed by atoms with van der Waals surface area (Å²) in [5.41, 5.74) is 2.51. The second-order valence-electron chi connectivity index (χ2n) is 4.31. The number of anilines is 1. The summed E-state index contributed by atoms with van der Waals surface area (Å²) >= 11 is 0. The standard InChI is InChI=1S/C14H21NO2/c1-12-7-6-8-14(11-12)15(3)9-4-5-10-17-13(2)16/h6-8,11H,4-5,9-10H2,1-3H3. The smallest absolute Gasteiger partial charge is 0.302 e. The van der Waals surface area contributed by atoms with Crippen LogP contribution in [-0.2, 0) is 9.53 Å². The Labute approximate surface area is 103 Å². The summed E-state index contributed by atoms with van der Waals surface area (Å²) in [5, 5.41) is 0. The van der Waals surface area contributed by atoms with Gasteiger partial charge in [0.05, 0.1) is 6.61 Å². The van der Waals surface area contributed by atoms with E-state index in [9.17, 15) is 4.79 Å². The Morgan fingerprint density at radius 1 is 1.35 bits per heavy atom. The lowest BCUT2D eigenvalue weighted by Gasteiger charge is -2.19. The zero-order valence-corrected chi connectivity index (χ0v) is 10.9. The van der Waals surface area contributed by atoms with Crippen LogP contribution >= 0.6 is 0 Å². The van der Waals surface area contributed by atoms with E-state index in [1.165, 1.54) is 18.2 Å². The number of unbranched alkanes of at least 4 members (excludes halogenated alkanes) is 1. The number of benzene rings is 1. The molecule has 0 amide bonds. The van der Waals surface area contributed by atoms with Gasteiger partial charge in [-0.15, -0.1) is 0 Å². The first-order chi connectivity index (χ1) is 8.09. The molecule has 1 aromatic rings. The number of carbonyl (C=O) groups excluding carboxylic acids is 1. The molecular weight excluding hydrogens is 214 g/mol. The Hall–Kier alpha value is -1.51. The van der Waals surface area contributed by atoms with Gasteiger partial charge < -0.3 is 9.64 Å². The first-order valence-corrected chi connectivity index (χ1v) is 6.01. The fourth-order valence-corrected chi connectivity index (χ4v) is 1.66. The van der Waals surface area contributed by atoms with E-state index >= 15 is 0 Å². The minimum atomic E-state index is -0.197. The van der Waals surface area contributed by atoms with Gasteiger partial charge in [-0.3, -0.25) is 4.79 Å². The molecule has 1 rings (SSSR count). The lowest BCUT2D eigenvalue weighted by molar-refractivity contribution is -0.141. The quantitative estimate of drug-likeness (QED) is 0.561. The van der Waals surface area contributed by atoms with E-state index in [4.69, 9.17) is 4.74 Å². The van der Waals surface area contributed by atoms with Gasteiger partial charge in [-0.25, -0.2) is 0 Å². The van der Waals surface area contributed by atoms with Gasteiger partial charge in [-0.2, -0.15) is 0 Å². The SMILES string of the molecule is CC(=O)OCCCCN(C)c1cccc(C)c1. The molecule has 0 radical (unpaired) electrons. The monoisotopic (exact) mass is 235 g/mol. The maximum absolute atomic E-state index is 10.6. The number of ether oxygens (including phenoxy) is 1. The van der Waals surface area contributed by atoms with Gasteiger partial charge in [0.15, 0.2) is 0 Å². The average Bonchev–Trinajstić information content (AvgIpc) is 2.28. The molecule has 0 bridgehead atoms. The predicted octanol–water partition coefficient (Wildman–Crippen LogP) is 2.77.